The van der Waals surface area contributed by atoms with Gasteiger partial charge in [-0.1, -0.05) is 58.4 Å². The molecule has 2 N–H and O–H groups in total. The van der Waals surface area contributed by atoms with Crippen LogP contribution < -0.4 is 5.73 Å². The standard InChI is InChI=1S/C17H16BrN3/c18-15-8-4-7-14(11-15)16(19)17-20-9-10-21(17)12-13-5-2-1-3-6-13/h1-11,16H,12,19H2. The van der Waals surface area contributed by atoms with Gasteiger partial charge in [-0.25, -0.2) is 4.98 Å². The summed E-state index contributed by atoms with van der Waals surface area (Å²) in [5, 5.41) is 0. The maximum atomic E-state index is 6.38. The van der Waals surface area contributed by atoms with Crippen LogP contribution in [0.3, 0.4) is 0 Å². The molecule has 0 aliphatic carbocycles. The molecule has 106 valence electrons. The Morgan fingerprint density at radius 1 is 1.10 bits per heavy atom. The molecule has 0 amide bonds. The third-order valence-corrected chi connectivity index (χ3v) is 3.92. The highest BCUT2D eigenvalue weighted by Gasteiger charge is 2.15. The normalized spacial score (nSPS) is 12.3. The molecule has 0 saturated heterocycles. The lowest BCUT2D eigenvalue weighted by Gasteiger charge is -2.15. The number of nitrogens with two attached hydrogens (primary N) is 1. The summed E-state index contributed by atoms with van der Waals surface area (Å²) in [6.45, 7) is 0.776. The third kappa shape index (κ3) is 3.23. The lowest BCUT2D eigenvalue weighted by atomic mass is 10.1. The van der Waals surface area contributed by atoms with Gasteiger partial charge in [0.1, 0.15) is 5.82 Å². The van der Waals surface area contributed by atoms with Crippen LogP contribution in [0, 0.1) is 0 Å². The highest BCUT2D eigenvalue weighted by atomic mass is 79.9. The van der Waals surface area contributed by atoms with E-state index in [1.807, 2.05) is 48.7 Å². The van der Waals surface area contributed by atoms with Crippen molar-refractivity contribution in [3.05, 3.63) is 88.4 Å². The molecule has 3 rings (SSSR count). The van der Waals surface area contributed by atoms with Gasteiger partial charge in [0.25, 0.3) is 0 Å². The molecule has 0 spiro atoms. The van der Waals surface area contributed by atoms with Crippen molar-refractivity contribution in [2.24, 2.45) is 5.73 Å². The second-order valence-electron chi connectivity index (χ2n) is 4.93. The predicted molar refractivity (Wildman–Crippen MR) is 87.9 cm³/mol. The van der Waals surface area contributed by atoms with E-state index in [1.54, 1.807) is 6.20 Å². The smallest absolute Gasteiger partial charge is 0.130 e. The summed E-state index contributed by atoms with van der Waals surface area (Å²) in [6, 6.07) is 18.1. The fraction of sp³-hybridized carbons (Fsp3) is 0.118. The molecule has 0 radical (unpaired) electrons. The Balaban J connectivity index is 1.88. The number of hydrogen-bond acceptors (Lipinski definition) is 2. The fourth-order valence-electron chi connectivity index (χ4n) is 2.36. The van der Waals surface area contributed by atoms with Gasteiger partial charge in [-0.2, -0.15) is 0 Å². The molecule has 1 unspecified atom stereocenters. The topological polar surface area (TPSA) is 43.8 Å². The summed E-state index contributed by atoms with van der Waals surface area (Å²) in [4.78, 5) is 4.44. The van der Waals surface area contributed by atoms with Crippen LogP contribution in [0.25, 0.3) is 0 Å². The van der Waals surface area contributed by atoms with Gasteiger partial charge < -0.3 is 10.3 Å². The number of rotatable bonds is 4. The molecule has 0 fully saturated rings. The fourth-order valence-corrected chi connectivity index (χ4v) is 2.78. The average Bonchev–Trinajstić information content (AvgIpc) is 2.95. The minimum absolute atomic E-state index is 0.235. The van der Waals surface area contributed by atoms with Gasteiger partial charge in [0.15, 0.2) is 0 Å². The van der Waals surface area contributed by atoms with E-state index in [0.29, 0.717) is 0 Å². The molecule has 0 saturated carbocycles. The zero-order chi connectivity index (χ0) is 14.7. The number of benzene rings is 2. The van der Waals surface area contributed by atoms with Crippen molar-refractivity contribution in [3.63, 3.8) is 0 Å². The largest absolute Gasteiger partial charge is 0.329 e. The number of imidazole rings is 1. The maximum Gasteiger partial charge on any atom is 0.130 e. The third-order valence-electron chi connectivity index (χ3n) is 3.43. The number of hydrogen-bond donors (Lipinski definition) is 1. The first kappa shape index (κ1) is 14.0. The van der Waals surface area contributed by atoms with Crippen LogP contribution in [0.5, 0.6) is 0 Å². The minimum Gasteiger partial charge on any atom is -0.329 e. The second-order valence-corrected chi connectivity index (χ2v) is 5.85. The van der Waals surface area contributed by atoms with Crippen molar-refractivity contribution in [2.45, 2.75) is 12.6 Å². The molecule has 0 bridgehead atoms. The van der Waals surface area contributed by atoms with Crippen LogP contribution >= 0.6 is 15.9 Å². The first-order chi connectivity index (χ1) is 10.2. The Bertz CT molecular complexity index is 722. The molecule has 21 heavy (non-hydrogen) atoms. The number of nitrogens with zero attached hydrogens (tertiary/aromatic N) is 2. The van der Waals surface area contributed by atoms with Gasteiger partial charge in [0.05, 0.1) is 6.04 Å². The number of aromatic nitrogens is 2. The van der Waals surface area contributed by atoms with Crippen LogP contribution in [0.1, 0.15) is 23.0 Å². The Hall–Kier alpha value is -1.91. The summed E-state index contributed by atoms with van der Waals surface area (Å²) in [6.07, 6.45) is 3.77. The van der Waals surface area contributed by atoms with E-state index in [-0.39, 0.29) is 6.04 Å². The van der Waals surface area contributed by atoms with Crippen LogP contribution in [0.2, 0.25) is 0 Å². The first-order valence-corrected chi connectivity index (χ1v) is 7.59. The van der Waals surface area contributed by atoms with Crippen molar-refractivity contribution in [3.8, 4) is 0 Å². The lowest BCUT2D eigenvalue weighted by molar-refractivity contribution is 0.674. The van der Waals surface area contributed by atoms with Gasteiger partial charge in [-0.15, -0.1) is 0 Å². The molecule has 4 heteroatoms. The molecular formula is C17H16BrN3. The molecule has 1 aromatic heterocycles. The Morgan fingerprint density at radius 2 is 1.90 bits per heavy atom. The van der Waals surface area contributed by atoms with E-state index in [1.165, 1.54) is 5.56 Å². The summed E-state index contributed by atoms with van der Waals surface area (Å²) >= 11 is 3.48. The van der Waals surface area contributed by atoms with E-state index >= 15 is 0 Å². The monoisotopic (exact) mass is 341 g/mol. The van der Waals surface area contributed by atoms with E-state index < -0.39 is 0 Å². The van der Waals surface area contributed by atoms with Crippen LogP contribution in [0.4, 0.5) is 0 Å². The van der Waals surface area contributed by atoms with Crippen LogP contribution in [-0.2, 0) is 6.54 Å². The molecular weight excluding hydrogens is 326 g/mol. The summed E-state index contributed by atoms with van der Waals surface area (Å²) in [7, 11) is 0. The highest BCUT2D eigenvalue weighted by Crippen LogP contribution is 2.22. The molecule has 0 aliphatic rings. The van der Waals surface area contributed by atoms with Crippen molar-refractivity contribution in [2.75, 3.05) is 0 Å². The number of halogens is 1. The zero-order valence-electron chi connectivity index (χ0n) is 11.5. The summed E-state index contributed by atoms with van der Waals surface area (Å²) in [5.41, 5.74) is 8.66. The van der Waals surface area contributed by atoms with Gasteiger partial charge in [-0.05, 0) is 23.3 Å². The molecule has 3 aromatic rings. The summed E-state index contributed by atoms with van der Waals surface area (Å²) in [5.74, 6) is 0.872. The molecule has 3 nitrogen and oxygen atoms in total. The Kier molecular flexibility index (Phi) is 4.18. The van der Waals surface area contributed by atoms with Gasteiger partial charge >= 0.3 is 0 Å². The molecule has 0 aliphatic heterocycles. The molecule has 2 aromatic carbocycles. The Labute approximate surface area is 132 Å². The predicted octanol–water partition coefficient (Wildman–Crippen LogP) is 3.74. The van der Waals surface area contributed by atoms with Crippen molar-refractivity contribution >= 4 is 15.9 Å². The van der Waals surface area contributed by atoms with Crippen LogP contribution in [0.15, 0.2) is 71.5 Å². The van der Waals surface area contributed by atoms with Gasteiger partial charge in [-0.3, -0.25) is 0 Å². The lowest BCUT2D eigenvalue weighted by Crippen LogP contribution is -2.18. The highest BCUT2D eigenvalue weighted by molar-refractivity contribution is 9.10. The first-order valence-electron chi connectivity index (χ1n) is 6.80. The van der Waals surface area contributed by atoms with Crippen molar-refractivity contribution in [1.82, 2.24) is 9.55 Å². The van der Waals surface area contributed by atoms with E-state index in [2.05, 4.69) is 37.6 Å². The molecule has 1 heterocycles. The summed E-state index contributed by atoms with van der Waals surface area (Å²) < 4.78 is 3.12. The average molecular weight is 342 g/mol. The van der Waals surface area contributed by atoms with E-state index in [0.717, 1.165) is 22.4 Å². The zero-order valence-corrected chi connectivity index (χ0v) is 13.1. The van der Waals surface area contributed by atoms with Gasteiger partial charge in [0.2, 0.25) is 0 Å². The minimum atomic E-state index is -0.235. The second kappa shape index (κ2) is 6.24. The van der Waals surface area contributed by atoms with Crippen molar-refractivity contribution in [1.29, 1.82) is 0 Å². The van der Waals surface area contributed by atoms with Gasteiger partial charge in [0, 0.05) is 23.4 Å². The van der Waals surface area contributed by atoms with Crippen LogP contribution in [-0.4, -0.2) is 9.55 Å². The quantitative estimate of drug-likeness (QED) is 0.785. The molecule has 1 atom stereocenters. The SMILES string of the molecule is NC(c1cccc(Br)c1)c1nccn1Cc1ccccc1. The van der Waals surface area contributed by atoms with E-state index in [9.17, 15) is 0 Å². The Morgan fingerprint density at radius 3 is 2.67 bits per heavy atom. The van der Waals surface area contributed by atoms with Crippen molar-refractivity contribution < 1.29 is 0 Å². The van der Waals surface area contributed by atoms with E-state index in [4.69, 9.17) is 5.73 Å². The maximum absolute atomic E-state index is 6.38.